The number of benzene rings is 1. The van der Waals surface area contributed by atoms with Gasteiger partial charge in [0.15, 0.2) is 0 Å². The highest BCUT2D eigenvalue weighted by Gasteiger charge is 2.33. The van der Waals surface area contributed by atoms with Crippen molar-refractivity contribution in [2.75, 3.05) is 26.2 Å². The van der Waals surface area contributed by atoms with Gasteiger partial charge in [-0.05, 0) is 24.5 Å². The van der Waals surface area contributed by atoms with Crippen LogP contribution in [0.2, 0.25) is 5.02 Å². The fourth-order valence-corrected chi connectivity index (χ4v) is 3.18. The van der Waals surface area contributed by atoms with Crippen LogP contribution in [0, 0.1) is 17.6 Å². The van der Waals surface area contributed by atoms with Gasteiger partial charge in [-0.15, -0.1) is 12.4 Å². The lowest BCUT2D eigenvalue weighted by molar-refractivity contribution is 0.154. The molecule has 1 aromatic rings. The van der Waals surface area contributed by atoms with Gasteiger partial charge < -0.3 is 5.32 Å². The highest BCUT2D eigenvalue weighted by Crippen LogP contribution is 2.41. The Bertz CT molecular complexity index is 466. The van der Waals surface area contributed by atoms with Gasteiger partial charge in [0.05, 0.1) is 0 Å². The molecule has 1 aliphatic heterocycles. The molecule has 21 heavy (non-hydrogen) atoms. The SMILES string of the molecule is Cl.Fc1cc(Cl)cc(F)c1[C@H](CC1CC1)N1CCNCC1. The van der Waals surface area contributed by atoms with Crippen LogP contribution in [0.25, 0.3) is 0 Å². The minimum Gasteiger partial charge on any atom is -0.314 e. The summed E-state index contributed by atoms with van der Waals surface area (Å²) in [4.78, 5) is 2.20. The summed E-state index contributed by atoms with van der Waals surface area (Å²) in [5.74, 6) is -0.414. The van der Waals surface area contributed by atoms with Crippen molar-refractivity contribution < 1.29 is 8.78 Å². The number of nitrogens with one attached hydrogen (secondary N) is 1. The first-order valence-electron chi connectivity index (χ1n) is 7.24. The molecule has 1 aromatic carbocycles. The van der Waals surface area contributed by atoms with E-state index in [0.717, 1.165) is 32.6 Å². The zero-order chi connectivity index (χ0) is 14.1. The number of halogens is 4. The molecule has 0 spiro atoms. The number of hydrogen-bond acceptors (Lipinski definition) is 2. The minimum absolute atomic E-state index is 0. The molecule has 0 aromatic heterocycles. The van der Waals surface area contributed by atoms with Crippen molar-refractivity contribution in [3.63, 3.8) is 0 Å². The maximum atomic E-state index is 14.2. The molecule has 1 heterocycles. The van der Waals surface area contributed by atoms with Gasteiger partial charge in [0.2, 0.25) is 0 Å². The van der Waals surface area contributed by atoms with Crippen LogP contribution in [0.15, 0.2) is 12.1 Å². The number of rotatable bonds is 4. The van der Waals surface area contributed by atoms with Crippen LogP contribution in [-0.2, 0) is 0 Å². The van der Waals surface area contributed by atoms with Crippen LogP contribution in [0.3, 0.4) is 0 Å². The fraction of sp³-hybridized carbons (Fsp3) is 0.600. The molecule has 0 radical (unpaired) electrons. The van der Waals surface area contributed by atoms with E-state index in [9.17, 15) is 8.78 Å². The van der Waals surface area contributed by atoms with E-state index in [2.05, 4.69) is 10.2 Å². The Morgan fingerprint density at radius 2 is 1.76 bits per heavy atom. The molecule has 0 bridgehead atoms. The lowest BCUT2D eigenvalue weighted by atomic mass is 9.97. The van der Waals surface area contributed by atoms with Crippen molar-refractivity contribution in [3.05, 3.63) is 34.4 Å². The molecule has 1 N–H and O–H groups in total. The van der Waals surface area contributed by atoms with Gasteiger partial charge in [-0.1, -0.05) is 24.4 Å². The second kappa shape index (κ2) is 7.23. The summed E-state index contributed by atoms with van der Waals surface area (Å²) < 4.78 is 28.4. The molecule has 2 aliphatic rings. The molecular weight excluding hydrogens is 317 g/mol. The Morgan fingerprint density at radius 1 is 1.19 bits per heavy atom. The van der Waals surface area contributed by atoms with Crippen molar-refractivity contribution in [2.24, 2.45) is 5.92 Å². The summed E-state index contributed by atoms with van der Waals surface area (Å²) in [5, 5.41) is 3.40. The second-order valence-electron chi connectivity index (χ2n) is 5.76. The second-order valence-corrected chi connectivity index (χ2v) is 6.20. The highest BCUT2D eigenvalue weighted by atomic mass is 35.5. The van der Waals surface area contributed by atoms with E-state index < -0.39 is 11.6 Å². The monoisotopic (exact) mass is 336 g/mol. The van der Waals surface area contributed by atoms with E-state index in [1.807, 2.05) is 0 Å². The first-order chi connectivity index (χ1) is 9.65. The third-order valence-electron chi connectivity index (χ3n) is 4.22. The van der Waals surface area contributed by atoms with Crippen molar-refractivity contribution >= 4 is 24.0 Å². The molecule has 1 aliphatic carbocycles. The number of nitrogens with zero attached hydrogens (tertiary/aromatic N) is 1. The maximum absolute atomic E-state index is 14.2. The molecule has 6 heteroatoms. The average Bonchev–Trinajstić information content (AvgIpc) is 3.21. The van der Waals surface area contributed by atoms with Crippen LogP contribution in [0.4, 0.5) is 8.78 Å². The molecule has 0 unspecified atom stereocenters. The Hall–Kier alpha value is -0.420. The topological polar surface area (TPSA) is 15.3 Å². The predicted molar refractivity (Wildman–Crippen MR) is 83.1 cm³/mol. The molecule has 3 rings (SSSR count). The van der Waals surface area contributed by atoms with Gasteiger partial charge in [-0.25, -0.2) is 8.78 Å². The van der Waals surface area contributed by atoms with Crippen molar-refractivity contribution in [1.29, 1.82) is 0 Å². The van der Waals surface area contributed by atoms with Gasteiger partial charge in [0.25, 0.3) is 0 Å². The summed E-state index contributed by atoms with van der Waals surface area (Å²) in [6, 6.07) is 2.28. The lowest BCUT2D eigenvalue weighted by Gasteiger charge is -2.35. The number of piperazine rings is 1. The zero-order valence-corrected chi connectivity index (χ0v) is 13.3. The van der Waals surface area contributed by atoms with Crippen LogP contribution >= 0.6 is 24.0 Å². The lowest BCUT2D eigenvalue weighted by Crippen LogP contribution is -2.45. The van der Waals surface area contributed by atoms with Crippen molar-refractivity contribution in [1.82, 2.24) is 10.2 Å². The zero-order valence-electron chi connectivity index (χ0n) is 11.7. The van der Waals surface area contributed by atoms with E-state index >= 15 is 0 Å². The molecular formula is C15H20Cl2F2N2. The summed E-state index contributed by atoms with van der Waals surface area (Å²) in [7, 11) is 0. The molecule has 2 nitrogen and oxygen atoms in total. The highest BCUT2D eigenvalue weighted by molar-refractivity contribution is 6.30. The van der Waals surface area contributed by atoms with Crippen LogP contribution in [0.5, 0.6) is 0 Å². The van der Waals surface area contributed by atoms with Gasteiger partial charge in [0.1, 0.15) is 11.6 Å². The first-order valence-corrected chi connectivity index (χ1v) is 7.62. The van der Waals surface area contributed by atoms with E-state index in [1.165, 1.54) is 25.0 Å². The van der Waals surface area contributed by atoms with Gasteiger partial charge in [0, 0.05) is 42.8 Å². The van der Waals surface area contributed by atoms with Crippen LogP contribution < -0.4 is 5.32 Å². The fourth-order valence-electron chi connectivity index (χ4n) is 2.98. The van der Waals surface area contributed by atoms with E-state index in [0.29, 0.717) is 5.92 Å². The predicted octanol–water partition coefficient (Wildman–Crippen LogP) is 3.79. The van der Waals surface area contributed by atoms with Gasteiger partial charge in [-0.3, -0.25) is 4.90 Å². The number of hydrogen-bond donors (Lipinski definition) is 1. The largest absolute Gasteiger partial charge is 0.314 e. The smallest absolute Gasteiger partial charge is 0.132 e. The van der Waals surface area contributed by atoms with E-state index in [1.54, 1.807) is 0 Å². The molecule has 1 saturated heterocycles. The Morgan fingerprint density at radius 3 is 2.29 bits per heavy atom. The van der Waals surface area contributed by atoms with Gasteiger partial charge >= 0.3 is 0 Å². The summed E-state index contributed by atoms with van der Waals surface area (Å²) in [5.41, 5.74) is 0.197. The van der Waals surface area contributed by atoms with Crippen LogP contribution in [-0.4, -0.2) is 31.1 Å². The average molecular weight is 337 g/mol. The quantitative estimate of drug-likeness (QED) is 0.899. The molecule has 1 saturated carbocycles. The Labute approximate surface area is 135 Å². The molecule has 2 fully saturated rings. The Balaban J connectivity index is 0.00000161. The van der Waals surface area contributed by atoms with Crippen molar-refractivity contribution in [3.8, 4) is 0 Å². The Kier molecular flexibility index (Phi) is 5.83. The van der Waals surface area contributed by atoms with E-state index in [-0.39, 0.29) is 29.0 Å². The van der Waals surface area contributed by atoms with Gasteiger partial charge in [-0.2, -0.15) is 0 Å². The molecule has 0 amide bonds. The maximum Gasteiger partial charge on any atom is 0.132 e. The minimum atomic E-state index is -0.515. The molecule has 118 valence electrons. The van der Waals surface area contributed by atoms with E-state index in [4.69, 9.17) is 11.6 Å². The summed E-state index contributed by atoms with van der Waals surface area (Å²) in [6.45, 7) is 3.41. The summed E-state index contributed by atoms with van der Waals surface area (Å²) >= 11 is 5.73. The third-order valence-corrected chi connectivity index (χ3v) is 4.44. The van der Waals surface area contributed by atoms with Crippen molar-refractivity contribution in [2.45, 2.75) is 25.3 Å². The standard InChI is InChI=1S/C15H19ClF2N2.ClH/c16-11-8-12(17)15(13(18)9-11)14(7-10-1-2-10)20-5-3-19-4-6-20;/h8-10,14,19H,1-7H2;1H/t14-;/m0./s1. The third kappa shape index (κ3) is 4.07. The molecule has 1 atom stereocenters. The van der Waals surface area contributed by atoms with Crippen LogP contribution in [0.1, 0.15) is 30.9 Å². The summed E-state index contributed by atoms with van der Waals surface area (Å²) in [6.07, 6.45) is 3.20. The normalized spacial score (nSPS) is 20.9. The first kappa shape index (κ1) is 16.9.